The van der Waals surface area contributed by atoms with Gasteiger partial charge in [0.05, 0.1) is 0 Å². The standard InChI is InChI=1S/C24BF20.Li.H/c26-5-1(6(27)14(35)21(42)13(5)34)25(2-7(28)15(36)22(43)16(37)8(2)29,3-9(30)17(38)23(44)18(39)10(3)31)4-11(32)19(40)24(45)20(41)12(4)33;;/q-1;;. The van der Waals surface area contributed by atoms with Gasteiger partial charge in [0.25, 0.3) is 0 Å². The first-order chi connectivity index (χ1) is 20.7. The molecule has 0 spiro atoms. The van der Waals surface area contributed by atoms with Crippen molar-refractivity contribution in [3.05, 3.63) is 116 Å². The van der Waals surface area contributed by atoms with Crippen LogP contribution in [0.2, 0.25) is 0 Å². The Morgan fingerprint density at radius 1 is 0.174 bits per heavy atom. The minimum atomic E-state index is -7.22. The predicted molar refractivity (Wildman–Crippen MR) is 116 cm³/mol. The Hall–Kier alpha value is -3.86. The van der Waals surface area contributed by atoms with Crippen LogP contribution in [-0.4, -0.2) is 25.0 Å². The summed E-state index contributed by atoms with van der Waals surface area (Å²) in [5.74, 6) is -71.4. The SMILES string of the molecule is Fc1c(F)c(F)c([B-](c2c(F)c(F)c(F)c(F)c2F)(c2c(F)c(F)c(F)c(F)c2F)c2c(F)c(F)c(F)c(F)c2F)c(F)c1F.[LiH]. The van der Waals surface area contributed by atoms with E-state index in [-0.39, 0.29) is 18.9 Å². The van der Waals surface area contributed by atoms with Crippen LogP contribution in [0.25, 0.3) is 0 Å². The van der Waals surface area contributed by atoms with Crippen molar-refractivity contribution < 1.29 is 87.8 Å². The third-order valence-corrected chi connectivity index (χ3v) is 6.71. The Balaban J connectivity index is 0.00000576. The molecule has 0 heterocycles. The minimum absolute atomic E-state index is 0. The molecule has 0 atom stereocenters. The molecule has 0 bridgehead atoms. The molecule has 0 aromatic heterocycles. The van der Waals surface area contributed by atoms with Gasteiger partial charge >= 0.3 is 18.9 Å². The van der Waals surface area contributed by atoms with Crippen LogP contribution in [0.5, 0.6) is 0 Å². The summed E-state index contributed by atoms with van der Waals surface area (Å²) < 4.78 is 294. The van der Waals surface area contributed by atoms with Gasteiger partial charge in [-0.25, -0.2) is 87.8 Å². The first-order valence-corrected chi connectivity index (χ1v) is 10.9. The molecular formula is C24HBF20Li-. The van der Waals surface area contributed by atoms with Crippen LogP contribution in [0.1, 0.15) is 0 Å². The fraction of sp³-hybridized carbons (Fsp3) is 0. The van der Waals surface area contributed by atoms with Crippen LogP contribution in [-0.2, 0) is 0 Å². The molecule has 0 saturated heterocycles. The summed E-state index contributed by atoms with van der Waals surface area (Å²) in [6.07, 6.45) is -7.22. The monoisotopic (exact) mass is 687 g/mol. The van der Waals surface area contributed by atoms with E-state index in [1.807, 2.05) is 0 Å². The number of halogens is 20. The summed E-state index contributed by atoms with van der Waals surface area (Å²) >= 11 is 0. The summed E-state index contributed by atoms with van der Waals surface area (Å²) in [5.41, 5.74) is -14.3. The average molecular weight is 687 g/mol. The Kier molecular flexibility index (Phi) is 9.60. The molecule has 0 radical (unpaired) electrons. The zero-order chi connectivity index (χ0) is 34.4. The van der Waals surface area contributed by atoms with E-state index in [1.165, 1.54) is 0 Å². The summed E-state index contributed by atoms with van der Waals surface area (Å²) in [6.45, 7) is 0. The Morgan fingerprint density at radius 2 is 0.261 bits per heavy atom. The van der Waals surface area contributed by atoms with Gasteiger partial charge in [-0.3, -0.25) is 0 Å². The van der Waals surface area contributed by atoms with Gasteiger partial charge in [0.1, 0.15) is 52.7 Å². The third-order valence-electron chi connectivity index (χ3n) is 6.71. The molecule has 0 saturated carbocycles. The second-order valence-electron chi connectivity index (χ2n) is 8.80. The summed E-state index contributed by atoms with van der Waals surface area (Å²) in [7, 11) is 0. The van der Waals surface area contributed by atoms with Gasteiger partial charge in [-0.15, -0.1) is 21.9 Å². The zero-order valence-electron chi connectivity index (χ0n) is 20.1. The molecule has 0 amide bonds. The van der Waals surface area contributed by atoms with Crippen molar-refractivity contribution in [2.45, 2.75) is 0 Å². The van der Waals surface area contributed by atoms with Crippen molar-refractivity contribution in [1.29, 1.82) is 0 Å². The molecule has 0 unspecified atom stereocenters. The Bertz CT molecular complexity index is 1580. The molecule has 242 valence electrons. The van der Waals surface area contributed by atoms with E-state index < -0.39 is 144 Å². The van der Waals surface area contributed by atoms with Crippen molar-refractivity contribution in [2.75, 3.05) is 0 Å². The van der Waals surface area contributed by atoms with Gasteiger partial charge in [-0.1, -0.05) is 0 Å². The molecule has 22 heteroatoms. The van der Waals surface area contributed by atoms with Gasteiger partial charge in [-0.05, 0) is 0 Å². The van der Waals surface area contributed by atoms with Crippen molar-refractivity contribution >= 4 is 46.9 Å². The predicted octanol–water partition coefficient (Wildman–Crippen LogP) is 5.20. The van der Waals surface area contributed by atoms with E-state index in [1.54, 1.807) is 0 Å². The molecule has 4 aromatic rings. The van der Waals surface area contributed by atoms with Crippen molar-refractivity contribution in [3.63, 3.8) is 0 Å². The van der Waals surface area contributed by atoms with Crippen molar-refractivity contribution in [3.8, 4) is 0 Å². The molecule has 0 aliphatic rings. The van der Waals surface area contributed by atoms with Crippen LogP contribution < -0.4 is 21.9 Å². The first kappa shape index (κ1) is 36.6. The average Bonchev–Trinajstić information content (AvgIpc) is 3.00. The van der Waals surface area contributed by atoms with Crippen LogP contribution >= 0.6 is 0 Å². The second kappa shape index (κ2) is 12.1. The molecule has 0 fully saturated rings. The number of hydrogen-bond donors (Lipinski definition) is 0. The van der Waals surface area contributed by atoms with E-state index in [2.05, 4.69) is 0 Å². The molecule has 4 aromatic carbocycles. The fourth-order valence-corrected chi connectivity index (χ4v) is 4.87. The topological polar surface area (TPSA) is 0 Å². The summed E-state index contributed by atoms with van der Waals surface area (Å²) in [6, 6.07) is 0. The van der Waals surface area contributed by atoms with Gasteiger partial charge in [0, 0.05) is 0 Å². The third kappa shape index (κ3) is 4.56. The van der Waals surface area contributed by atoms with Crippen molar-refractivity contribution in [2.24, 2.45) is 0 Å². The van der Waals surface area contributed by atoms with E-state index in [0.717, 1.165) is 0 Å². The summed E-state index contributed by atoms with van der Waals surface area (Å²) in [5, 5.41) is 0. The molecule has 0 aliphatic carbocycles. The van der Waals surface area contributed by atoms with E-state index in [0.29, 0.717) is 0 Å². The second-order valence-corrected chi connectivity index (χ2v) is 8.80. The van der Waals surface area contributed by atoms with E-state index in [4.69, 9.17) is 0 Å². The first-order valence-electron chi connectivity index (χ1n) is 10.9. The number of rotatable bonds is 4. The quantitative estimate of drug-likeness (QED) is 0.120. The number of hydrogen-bond acceptors (Lipinski definition) is 0. The Morgan fingerprint density at radius 3 is 0.370 bits per heavy atom. The summed E-state index contributed by atoms with van der Waals surface area (Å²) in [4.78, 5) is 0. The molecule has 0 aliphatic heterocycles. The molecule has 0 N–H and O–H groups in total. The van der Waals surface area contributed by atoms with Gasteiger partial charge in [0.15, 0.2) is 69.8 Å². The van der Waals surface area contributed by atoms with Crippen LogP contribution in [0.15, 0.2) is 0 Å². The maximum atomic E-state index is 15.4. The zero-order valence-corrected chi connectivity index (χ0v) is 20.1. The fourth-order valence-electron chi connectivity index (χ4n) is 4.87. The van der Waals surface area contributed by atoms with Crippen LogP contribution in [0, 0.1) is 116 Å². The molecule has 0 nitrogen and oxygen atoms in total. The maximum absolute atomic E-state index is 15.4. The number of benzene rings is 4. The van der Waals surface area contributed by atoms with Gasteiger partial charge in [-0.2, -0.15) is 0 Å². The Labute approximate surface area is 251 Å². The van der Waals surface area contributed by atoms with Gasteiger partial charge < -0.3 is 0 Å². The van der Waals surface area contributed by atoms with Crippen LogP contribution in [0.3, 0.4) is 0 Å². The van der Waals surface area contributed by atoms with Crippen LogP contribution in [0.4, 0.5) is 87.8 Å². The van der Waals surface area contributed by atoms with Crippen molar-refractivity contribution in [1.82, 2.24) is 0 Å². The van der Waals surface area contributed by atoms with Gasteiger partial charge in [0.2, 0.25) is 0 Å². The van der Waals surface area contributed by atoms with E-state index in [9.17, 15) is 52.7 Å². The van der Waals surface area contributed by atoms with E-state index >= 15 is 35.1 Å². The normalized spacial score (nSPS) is 11.7. The molecular weight excluding hydrogens is 686 g/mol. The molecule has 46 heavy (non-hydrogen) atoms. The molecule has 4 rings (SSSR count).